The van der Waals surface area contributed by atoms with Crippen molar-refractivity contribution in [2.75, 3.05) is 50.2 Å². The highest BCUT2D eigenvalue weighted by Gasteiger charge is 2.31. The van der Waals surface area contributed by atoms with E-state index in [1.54, 1.807) is 37.5 Å². The fraction of sp³-hybridized carbons (Fsp3) is 0.364. The van der Waals surface area contributed by atoms with E-state index in [4.69, 9.17) is 13.9 Å². The van der Waals surface area contributed by atoms with Crippen molar-refractivity contribution < 1.29 is 41.8 Å². The van der Waals surface area contributed by atoms with Crippen LogP contribution < -0.4 is 27.0 Å². The van der Waals surface area contributed by atoms with Crippen LogP contribution in [0.25, 0.3) is 28.2 Å². The minimum absolute atomic E-state index is 0.111. The van der Waals surface area contributed by atoms with Gasteiger partial charge < -0.3 is 29.8 Å². The minimum atomic E-state index is -3.00. The van der Waals surface area contributed by atoms with Crippen LogP contribution >= 0.6 is 0 Å². The molecule has 0 spiro atoms. The largest absolute Gasteiger partial charge is 0.444 e. The predicted molar refractivity (Wildman–Crippen MR) is 228 cm³/mol. The summed E-state index contributed by atoms with van der Waals surface area (Å²) in [4.78, 5) is 71.4. The van der Waals surface area contributed by atoms with Crippen LogP contribution in [0.5, 0.6) is 0 Å². The molecule has 6 aromatic rings. The number of rotatable bonds is 20. The van der Waals surface area contributed by atoms with Gasteiger partial charge in [-0.2, -0.15) is 5.10 Å². The van der Waals surface area contributed by atoms with Gasteiger partial charge in [-0.25, -0.2) is 28.2 Å². The van der Waals surface area contributed by atoms with Crippen LogP contribution in [0.1, 0.15) is 76.7 Å². The summed E-state index contributed by atoms with van der Waals surface area (Å²) in [5, 5.41) is 14.8. The third-order valence-electron chi connectivity index (χ3n) is 10.9. The number of nitrogens with zero attached hydrogens (tertiary/aromatic N) is 6. The van der Waals surface area contributed by atoms with Crippen LogP contribution in [-0.4, -0.2) is 92.0 Å². The van der Waals surface area contributed by atoms with Gasteiger partial charge in [0, 0.05) is 50.5 Å². The number of pyridine rings is 1. The predicted octanol–water partition coefficient (Wildman–Crippen LogP) is 4.96. The molecule has 4 aromatic heterocycles. The number of anilines is 2. The molecule has 4 amide bonds. The number of imide groups is 1. The molecule has 1 aliphatic heterocycles. The summed E-state index contributed by atoms with van der Waals surface area (Å²) in [7, 11) is 1.66. The Hall–Kier alpha value is -7.06. The van der Waals surface area contributed by atoms with Gasteiger partial charge in [0.15, 0.2) is 11.4 Å². The molecule has 5 heterocycles. The number of carbonyl (C=O) groups excluding carboxylic acids is 4. The topological polar surface area (TPSA) is 219 Å². The minimum Gasteiger partial charge on any atom is -0.444 e. The average molecular weight is 881 g/mol. The second-order valence-corrected chi connectivity index (χ2v) is 15.6. The van der Waals surface area contributed by atoms with Crippen LogP contribution in [0.3, 0.4) is 0 Å². The lowest BCUT2D eigenvalue weighted by atomic mass is 10.1. The van der Waals surface area contributed by atoms with Gasteiger partial charge in [0.1, 0.15) is 18.1 Å². The lowest BCUT2D eigenvalue weighted by molar-refractivity contribution is -0.135. The van der Waals surface area contributed by atoms with Gasteiger partial charge in [-0.15, -0.1) is 0 Å². The number of oxazole rings is 1. The summed E-state index contributed by atoms with van der Waals surface area (Å²) in [5.74, 6) is -0.459. The van der Waals surface area contributed by atoms with E-state index in [0.29, 0.717) is 65.8 Å². The summed E-state index contributed by atoms with van der Waals surface area (Å²) in [6, 6.07) is 14.5. The zero-order valence-corrected chi connectivity index (χ0v) is 34.9. The quantitative estimate of drug-likeness (QED) is 0.0591. The Morgan fingerprint density at radius 3 is 2.52 bits per heavy atom. The Morgan fingerprint density at radius 2 is 1.75 bits per heavy atom. The van der Waals surface area contributed by atoms with E-state index >= 15 is 0 Å². The molecule has 0 bridgehead atoms. The number of amides is 4. The molecule has 1 atom stereocenters. The van der Waals surface area contributed by atoms with Crippen molar-refractivity contribution in [3.05, 3.63) is 106 Å². The van der Waals surface area contributed by atoms with Gasteiger partial charge >= 0.3 is 5.69 Å². The Kier molecular flexibility index (Phi) is 13.3. The van der Waals surface area contributed by atoms with Crippen molar-refractivity contribution in [2.24, 2.45) is 13.0 Å². The third-order valence-corrected chi connectivity index (χ3v) is 10.9. The van der Waals surface area contributed by atoms with Crippen molar-refractivity contribution >= 4 is 46.2 Å². The second-order valence-electron chi connectivity index (χ2n) is 15.6. The number of nitrogens with one attached hydrogen (secondary N) is 4. The molecule has 2 aliphatic rings. The molecule has 1 saturated heterocycles. The first kappa shape index (κ1) is 43.6. The fourth-order valence-electron chi connectivity index (χ4n) is 7.30. The maximum absolute atomic E-state index is 14.0. The molecular formula is C44H46F2N10O8. The lowest BCUT2D eigenvalue weighted by Gasteiger charge is -2.21. The number of aryl methyl sites for hydroxylation is 2. The maximum atomic E-state index is 14.0. The summed E-state index contributed by atoms with van der Waals surface area (Å²) in [5.41, 5.74) is 2.38. The zero-order valence-electron chi connectivity index (χ0n) is 34.9. The number of halogens is 2. The number of carbonyl (C=O) groups is 4. The number of piperidine rings is 1. The average Bonchev–Trinajstić information content (AvgIpc) is 3.71. The van der Waals surface area contributed by atoms with E-state index in [1.165, 1.54) is 45.0 Å². The maximum Gasteiger partial charge on any atom is 0.329 e. The molecule has 20 heteroatoms. The van der Waals surface area contributed by atoms with Crippen molar-refractivity contribution in [3.8, 4) is 17.1 Å². The van der Waals surface area contributed by atoms with E-state index < -0.39 is 30.0 Å². The number of aromatic nitrogens is 6. The van der Waals surface area contributed by atoms with E-state index in [9.17, 15) is 32.8 Å². The van der Waals surface area contributed by atoms with Crippen LogP contribution in [-0.2, 0) is 32.5 Å². The van der Waals surface area contributed by atoms with Crippen molar-refractivity contribution in [2.45, 2.75) is 51.0 Å². The van der Waals surface area contributed by atoms with Crippen LogP contribution in [0.15, 0.2) is 82.5 Å². The summed E-state index contributed by atoms with van der Waals surface area (Å²) in [6.07, 6.45) is 5.28. The van der Waals surface area contributed by atoms with Crippen molar-refractivity contribution in [1.29, 1.82) is 0 Å². The molecule has 2 fully saturated rings. The van der Waals surface area contributed by atoms with E-state index in [0.717, 1.165) is 24.8 Å². The van der Waals surface area contributed by atoms with E-state index in [2.05, 4.69) is 36.3 Å². The first-order valence-electron chi connectivity index (χ1n) is 20.9. The normalized spacial score (nSPS) is 15.2. The number of imidazole rings is 1. The van der Waals surface area contributed by atoms with Gasteiger partial charge in [-0.3, -0.25) is 33.6 Å². The van der Waals surface area contributed by atoms with Gasteiger partial charge in [0.2, 0.25) is 17.7 Å². The highest BCUT2D eigenvalue weighted by atomic mass is 19.3. The number of hydrogen-bond donors (Lipinski definition) is 4. The number of fused-ring (bicyclic) bond motifs is 1. The Morgan fingerprint density at radius 1 is 0.953 bits per heavy atom. The fourth-order valence-corrected chi connectivity index (χ4v) is 7.30. The Labute approximate surface area is 364 Å². The van der Waals surface area contributed by atoms with Gasteiger partial charge in [0.25, 0.3) is 18.2 Å². The molecule has 4 N–H and O–H groups in total. The smallest absolute Gasteiger partial charge is 0.329 e. The highest BCUT2D eigenvalue weighted by Crippen LogP contribution is 2.30. The number of hydrogen-bond acceptors (Lipinski definition) is 12. The highest BCUT2D eigenvalue weighted by molar-refractivity contribution is 6.03. The molecule has 1 saturated carbocycles. The standard InChI is InChI=1S/C44H46F2N10O8/c1-54-35-21-26(6-11-33(35)56(44(54)61)34-12-13-37(57)52-42(34)60)3-2-17-62-19-20-63-18-16-48-40(58)28-7-9-30(10-8-28)55-24-31(38(53-55)39(45)46)50-41(59)32-25-64-43(51-32)29-14-15-47-36(22-29)49-23-27-4-5-27/h6-11,14-15,21-22,24-25,27,34,39H,2-5,12-13,16-20,23H2,1H3,(H,47,49)(H,48,58)(H,50,59)(H,52,57,60). The van der Waals surface area contributed by atoms with Crippen LogP contribution in [0.2, 0.25) is 0 Å². The summed E-state index contributed by atoms with van der Waals surface area (Å²) in [6.45, 7) is 2.47. The first-order chi connectivity index (χ1) is 31.0. The van der Waals surface area contributed by atoms with Crippen molar-refractivity contribution in [1.82, 2.24) is 39.5 Å². The van der Waals surface area contributed by atoms with Crippen LogP contribution in [0.4, 0.5) is 20.3 Å². The van der Waals surface area contributed by atoms with Crippen LogP contribution in [0, 0.1) is 5.92 Å². The molecule has 2 aromatic carbocycles. The Bertz CT molecular complexity index is 2720. The molecule has 18 nitrogen and oxygen atoms in total. The molecule has 0 radical (unpaired) electrons. The third kappa shape index (κ3) is 10.2. The van der Waals surface area contributed by atoms with E-state index in [1.807, 2.05) is 18.2 Å². The number of alkyl halides is 2. The molecular weight excluding hydrogens is 835 g/mol. The second kappa shape index (κ2) is 19.5. The number of ether oxygens (including phenoxy) is 2. The summed E-state index contributed by atoms with van der Waals surface area (Å²) >= 11 is 0. The molecule has 64 heavy (non-hydrogen) atoms. The molecule has 1 unspecified atom stereocenters. The van der Waals surface area contributed by atoms with Gasteiger partial charge in [-0.1, -0.05) is 6.07 Å². The first-order valence-corrected chi connectivity index (χ1v) is 20.9. The monoisotopic (exact) mass is 880 g/mol. The lowest BCUT2D eigenvalue weighted by Crippen LogP contribution is -2.44. The SMILES string of the molecule is Cn1c(=O)n(C2CCC(=O)NC2=O)c2ccc(CCCOCCOCCNC(=O)c3ccc(-n4cc(NC(=O)c5coc(-c6ccnc(NCC7CC7)c6)n5)c(C(F)F)n4)cc3)cc21. The van der Waals surface area contributed by atoms with Gasteiger partial charge in [0.05, 0.1) is 48.4 Å². The number of benzene rings is 2. The Balaban J connectivity index is 0.742. The zero-order chi connectivity index (χ0) is 44.7. The van der Waals surface area contributed by atoms with E-state index in [-0.39, 0.29) is 60.8 Å². The summed E-state index contributed by atoms with van der Waals surface area (Å²) < 4.78 is 49.0. The van der Waals surface area contributed by atoms with Gasteiger partial charge in [-0.05, 0) is 92.1 Å². The van der Waals surface area contributed by atoms with Crippen molar-refractivity contribution in [3.63, 3.8) is 0 Å². The molecule has 334 valence electrons. The molecule has 8 rings (SSSR count). The molecule has 1 aliphatic carbocycles.